The van der Waals surface area contributed by atoms with E-state index in [1.54, 1.807) is 19.4 Å². The van der Waals surface area contributed by atoms with Gasteiger partial charge in [-0.1, -0.05) is 23.7 Å². The van der Waals surface area contributed by atoms with Crippen LogP contribution in [0.1, 0.15) is 11.1 Å². The van der Waals surface area contributed by atoms with E-state index >= 15 is 0 Å². The van der Waals surface area contributed by atoms with E-state index in [2.05, 4.69) is 32.5 Å². The molecule has 9 heteroatoms. The highest BCUT2D eigenvalue weighted by Crippen LogP contribution is 2.39. The number of benzene rings is 2. The lowest BCUT2D eigenvalue weighted by Crippen LogP contribution is -2.26. The van der Waals surface area contributed by atoms with Gasteiger partial charge >= 0.3 is 0 Å². The summed E-state index contributed by atoms with van der Waals surface area (Å²) in [6.45, 7) is 5.23. The van der Waals surface area contributed by atoms with E-state index < -0.39 is 7.14 Å². The van der Waals surface area contributed by atoms with Gasteiger partial charge in [-0.05, 0) is 62.2 Å². The lowest BCUT2D eigenvalue weighted by molar-refractivity contribution is 0.312. The number of aromatic nitrogens is 2. The molecular formula is C22H25ClN5O2P. The van der Waals surface area contributed by atoms with Crippen LogP contribution in [0.5, 0.6) is 5.75 Å². The van der Waals surface area contributed by atoms with Crippen molar-refractivity contribution in [3.05, 3.63) is 58.7 Å². The van der Waals surface area contributed by atoms with Crippen LogP contribution in [-0.2, 0) is 17.5 Å². The van der Waals surface area contributed by atoms with Crippen molar-refractivity contribution in [3.8, 4) is 5.75 Å². The average molecular weight is 458 g/mol. The molecule has 0 saturated carbocycles. The van der Waals surface area contributed by atoms with E-state index in [4.69, 9.17) is 11.6 Å². The Kier molecular flexibility index (Phi) is 5.93. The van der Waals surface area contributed by atoms with Crippen LogP contribution in [0, 0.1) is 0 Å². The van der Waals surface area contributed by atoms with Crippen molar-refractivity contribution in [2.45, 2.75) is 13.0 Å². The Bertz CT molecular complexity index is 1180. The van der Waals surface area contributed by atoms with Gasteiger partial charge in [0.05, 0.1) is 17.6 Å². The molecule has 0 unspecified atom stereocenters. The summed E-state index contributed by atoms with van der Waals surface area (Å²) in [5.74, 6) is 0.830. The number of hydrogen-bond donors (Lipinski definition) is 3. The Labute approximate surface area is 186 Å². The van der Waals surface area contributed by atoms with E-state index in [1.165, 1.54) is 6.20 Å². The minimum Gasteiger partial charge on any atom is -0.506 e. The molecule has 31 heavy (non-hydrogen) atoms. The van der Waals surface area contributed by atoms with Gasteiger partial charge in [0.15, 0.2) is 5.82 Å². The summed E-state index contributed by atoms with van der Waals surface area (Å²) >= 11 is 6.32. The molecular weight excluding hydrogens is 433 g/mol. The predicted molar refractivity (Wildman–Crippen MR) is 127 cm³/mol. The lowest BCUT2D eigenvalue weighted by Gasteiger charge is -2.25. The fourth-order valence-corrected chi connectivity index (χ4v) is 4.94. The van der Waals surface area contributed by atoms with Crippen molar-refractivity contribution >= 4 is 47.2 Å². The second-order valence-corrected chi connectivity index (χ2v) is 11.7. The van der Waals surface area contributed by atoms with Crippen molar-refractivity contribution in [1.29, 1.82) is 0 Å². The molecule has 1 aliphatic heterocycles. The van der Waals surface area contributed by atoms with Gasteiger partial charge in [0, 0.05) is 18.4 Å². The maximum absolute atomic E-state index is 12.6. The number of anilines is 4. The smallest absolute Gasteiger partial charge is 0.229 e. The normalized spacial score (nSPS) is 14.2. The molecule has 0 aliphatic carbocycles. The second kappa shape index (κ2) is 8.50. The molecule has 2 heterocycles. The molecule has 162 valence electrons. The first-order valence-corrected chi connectivity index (χ1v) is 12.9. The van der Waals surface area contributed by atoms with Crippen LogP contribution in [0.2, 0.25) is 5.02 Å². The van der Waals surface area contributed by atoms with Gasteiger partial charge in [-0.2, -0.15) is 4.98 Å². The number of phenolic OH excluding ortho intramolecular Hbond substituents is 1. The number of aromatic hydroxyl groups is 1. The molecule has 0 spiro atoms. The molecule has 0 amide bonds. The summed E-state index contributed by atoms with van der Waals surface area (Å²) < 4.78 is 12.6. The standard InChI is InChI=1S/C22H25ClN5O2P/c1-28-9-8-14-11-19(29)18(10-15(14)13-28)26-22-24-12-16(23)21(27-22)25-17-6-4-5-7-20(17)31(2,3)30/h4-7,10-12,29H,8-9,13H2,1-3H3,(H2,24,25,26,27). The first kappa shape index (κ1) is 21.6. The third-order valence-electron chi connectivity index (χ3n) is 5.25. The number of halogens is 1. The van der Waals surface area contributed by atoms with Gasteiger partial charge in [0.2, 0.25) is 5.95 Å². The summed E-state index contributed by atoms with van der Waals surface area (Å²) in [4.78, 5) is 11.0. The molecule has 0 saturated heterocycles. The first-order chi connectivity index (χ1) is 14.7. The maximum atomic E-state index is 12.6. The average Bonchev–Trinajstić information content (AvgIpc) is 2.71. The summed E-state index contributed by atoms with van der Waals surface area (Å²) in [6.07, 6.45) is 2.39. The topological polar surface area (TPSA) is 90.4 Å². The van der Waals surface area contributed by atoms with Crippen molar-refractivity contribution in [1.82, 2.24) is 14.9 Å². The van der Waals surface area contributed by atoms with E-state index in [1.807, 2.05) is 30.3 Å². The zero-order valence-electron chi connectivity index (χ0n) is 17.7. The Morgan fingerprint density at radius 3 is 2.68 bits per heavy atom. The van der Waals surface area contributed by atoms with E-state index in [-0.39, 0.29) is 5.75 Å². The predicted octanol–water partition coefficient (Wildman–Crippen LogP) is 4.56. The van der Waals surface area contributed by atoms with Gasteiger partial charge < -0.3 is 25.2 Å². The third kappa shape index (κ3) is 4.85. The molecule has 4 rings (SSSR count). The molecule has 0 radical (unpaired) electrons. The summed E-state index contributed by atoms with van der Waals surface area (Å²) in [5.41, 5.74) is 3.54. The SMILES string of the molecule is CN1CCc2cc(O)c(Nc3ncc(Cl)c(Nc4ccccc4P(C)(C)=O)n3)cc2C1. The zero-order valence-corrected chi connectivity index (χ0v) is 19.3. The second-order valence-electron chi connectivity index (χ2n) is 8.13. The molecule has 0 atom stereocenters. The molecule has 0 bridgehead atoms. The number of hydrogen-bond acceptors (Lipinski definition) is 7. The third-order valence-corrected chi connectivity index (χ3v) is 7.08. The quantitative estimate of drug-likeness (QED) is 0.382. The minimum absolute atomic E-state index is 0.152. The van der Waals surface area contributed by atoms with Crippen molar-refractivity contribution in [3.63, 3.8) is 0 Å². The largest absolute Gasteiger partial charge is 0.506 e. The monoisotopic (exact) mass is 457 g/mol. The first-order valence-electron chi connectivity index (χ1n) is 9.95. The molecule has 0 fully saturated rings. The van der Waals surface area contributed by atoms with Crippen LogP contribution in [0.4, 0.5) is 23.1 Å². The van der Waals surface area contributed by atoms with Gasteiger partial charge in [0.25, 0.3) is 0 Å². The number of likely N-dealkylation sites (N-methyl/N-ethyl adjacent to an activating group) is 1. The number of nitrogens with zero attached hydrogens (tertiary/aromatic N) is 3. The zero-order chi connectivity index (χ0) is 22.2. The van der Waals surface area contributed by atoms with Gasteiger partial charge in [-0.25, -0.2) is 4.98 Å². The summed E-state index contributed by atoms with van der Waals surface area (Å²) in [5, 5.41) is 17.8. The number of para-hydroxylation sites is 1. The molecule has 3 N–H and O–H groups in total. The Morgan fingerprint density at radius 1 is 1.13 bits per heavy atom. The highest BCUT2D eigenvalue weighted by Gasteiger charge is 2.19. The molecule has 7 nitrogen and oxygen atoms in total. The Balaban J connectivity index is 1.63. The van der Waals surface area contributed by atoms with Gasteiger partial charge in [-0.15, -0.1) is 0 Å². The van der Waals surface area contributed by atoms with Crippen LogP contribution in [0.15, 0.2) is 42.6 Å². The Hall–Kier alpha value is -2.60. The van der Waals surface area contributed by atoms with Crippen LogP contribution in [0.3, 0.4) is 0 Å². The van der Waals surface area contributed by atoms with Gasteiger partial charge in [0.1, 0.15) is 17.9 Å². The van der Waals surface area contributed by atoms with E-state index in [0.717, 1.165) is 35.9 Å². The van der Waals surface area contributed by atoms with E-state index in [0.29, 0.717) is 28.2 Å². The van der Waals surface area contributed by atoms with Crippen molar-refractivity contribution in [2.24, 2.45) is 0 Å². The lowest BCUT2D eigenvalue weighted by atomic mass is 9.99. The fraction of sp³-hybridized carbons (Fsp3) is 0.273. The highest BCUT2D eigenvalue weighted by atomic mass is 35.5. The number of rotatable bonds is 5. The molecule has 1 aromatic heterocycles. The molecule has 3 aromatic rings. The van der Waals surface area contributed by atoms with Crippen LogP contribution in [0.25, 0.3) is 0 Å². The Morgan fingerprint density at radius 2 is 1.90 bits per heavy atom. The summed E-state index contributed by atoms with van der Waals surface area (Å²) in [6, 6.07) is 11.1. The van der Waals surface area contributed by atoms with Crippen molar-refractivity contribution < 1.29 is 9.67 Å². The van der Waals surface area contributed by atoms with Crippen LogP contribution < -0.4 is 15.9 Å². The highest BCUT2D eigenvalue weighted by molar-refractivity contribution is 7.70. The summed E-state index contributed by atoms with van der Waals surface area (Å²) in [7, 11) is -0.423. The minimum atomic E-state index is -2.50. The number of nitrogens with one attached hydrogen (secondary N) is 2. The van der Waals surface area contributed by atoms with Gasteiger partial charge in [-0.3, -0.25) is 0 Å². The molecule has 2 aromatic carbocycles. The van der Waals surface area contributed by atoms with Crippen LogP contribution in [-0.4, -0.2) is 46.9 Å². The van der Waals surface area contributed by atoms with E-state index in [9.17, 15) is 9.67 Å². The fourth-order valence-electron chi connectivity index (χ4n) is 3.65. The number of phenols is 1. The van der Waals surface area contributed by atoms with Crippen molar-refractivity contribution in [2.75, 3.05) is 37.6 Å². The molecule has 1 aliphatic rings. The number of fused-ring (bicyclic) bond motifs is 1. The van der Waals surface area contributed by atoms with Crippen LogP contribution >= 0.6 is 18.7 Å². The maximum Gasteiger partial charge on any atom is 0.229 e.